The van der Waals surface area contributed by atoms with Gasteiger partial charge in [-0.2, -0.15) is 0 Å². The van der Waals surface area contributed by atoms with Crippen molar-refractivity contribution in [3.63, 3.8) is 0 Å². The number of likely N-dealkylation sites (tertiary alicyclic amines) is 1. The van der Waals surface area contributed by atoms with E-state index in [1.54, 1.807) is 28.4 Å². The zero-order valence-electron chi connectivity index (χ0n) is 20.3. The first kappa shape index (κ1) is 24.1. The van der Waals surface area contributed by atoms with E-state index in [0.29, 0.717) is 0 Å². The lowest BCUT2D eigenvalue weighted by atomic mass is 9.66. The highest BCUT2D eigenvalue weighted by atomic mass is 32.2. The van der Waals surface area contributed by atoms with Crippen molar-refractivity contribution < 1.29 is 19.5 Å². The van der Waals surface area contributed by atoms with Gasteiger partial charge < -0.3 is 20.6 Å². The van der Waals surface area contributed by atoms with Crippen LogP contribution < -0.4 is 10.6 Å². The van der Waals surface area contributed by atoms with Crippen molar-refractivity contribution in [2.75, 3.05) is 13.7 Å². The van der Waals surface area contributed by atoms with Gasteiger partial charge >= 0.3 is 0 Å². The molecule has 7 atom stereocenters. The summed E-state index contributed by atoms with van der Waals surface area (Å²) in [4.78, 5) is 42.4. The summed E-state index contributed by atoms with van der Waals surface area (Å²) in [6, 6.07) is 6.17. The number of aromatic nitrogens is 3. The van der Waals surface area contributed by atoms with Gasteiger partial charge in [0.2, 0.25) is 17.7 Å². The van der Waals surface area contributed by atoms with Gasteiger partial charge in [-0.1, -0.05) is 38.1 Å². The monoisotopic (exact) mass is 500 g/mol. The Morgan fingerprint density at radius 2 is 2.03 bits per heavy atom. The molecule has 10 nitrogen and oxygen atoms in total. The maximum Gasteiger partial charge on any atom is 0.245 e. The van der Waals surface area contributed by atoms with Crippen molar-refractivity contribution in [1.82, 2.24) is 30.5 Å². The molecule has 0 aliphatic carbocycles. The van der Waals surface area contributed by atoms with Crippen LogP contribution in [-0.4, -0.2) is 78.5 Å². The van der Waals surface area contributed by atoms with Gasteiger partial charge in [0.05, 0.1) is 34.7 Å². The minimum absolute atomic E-state index is 0.0118. The van der Waals surface area contributed by atoms with Gasteiger partial charge in [-0.15, -0.1) is 16.9 Å². The summed E-state index contributed by atoms with van der Waals surface area (Å²) in [6.45, 7) is 5.79. The first-order chi connectivity index (χ1) is 16.8. The Bertz CT molecular complexity index is 1170. The van der Waals surface area contributed by atoms with Gasteiger partial charge in [0.15, 0.2) is 0 Å². The minimum atomic E-state index is -0.797. The molecule has 188 valence electrons. The number of amides is 3. The Kier molecular flexibility index (Phi) is 6.03. The second kappa shape index (κ2) is 8.77. The van der Waals surface area contributed by atoms with Crippen LogP contribution in [0.25, 0.3) is 11.0 Å². The van der Waals surface area contributed by atoms with Crippen LogP contribution in [0.5, 0.6) is 0 Å². The molecule has 1 spiro atoms. The Hall–Kier alpha value is -2.66. The van der Waals surface area contributed by atoms with Crippen molar-refractivity contribution >= 4 is 40.5 Å². The van der Waals surface area contributed by atoms with Crippen LogP contribution in [0, 0.1) is 23.7 Å². The molecule has 3 aliphatic heterocycles. The molecule has 5 rings (SSSR count). The van der Waals surface area contributed by atoms with E-state index in [1.807, 2.05) is 38.1 Å². The molecule has 3 unspecified atom stereocenters. The number of hydrogen-bond donors (Lipinski definition) is 3. The van der Waals surface area contributed by atoms with Crippen molar-refractivity contribution in [1.29, 1.82) is 0 Å². The van der Waals surface area contributed by atoms with Crippen LogP contribution in [-0.2, 0) is 21.1 Å². The van der Waals surface area contributed by atoms with Gasteiger partial charge in [0, 0.05) is 12.3 Å². The van der Waals surface area contributed by atoms with Gasteiger partial charge in [-0.3, -0.25) is 14.4 Å². The Morgan fingerprint density at radius 3 is 2.71 bits per heavy atom. The fourth-order valence-electron chi connectivity index (χ4n) is 6.49. The molecule has 0 saturated carbocycles. The molecule has 35 heavy (non-hydrogen) atoms. The van der Waals surface area contributed by atoms with Crippen molar-refractivity contribution in [2.45, 2.75) is 55.9 Å². The first-order valence-corrected chi connectivity index (χ1v) is 13.0. The van der Waals surface area contributed by atoms with Crippen LogP contribution in [0.2, 0.25) is 0 Å². The normalized spacial score (nSPS) is 32.3. The van der Waals surface area contributed by atoms with E-state index in [0.717, 1.165) is 17.5 Å². The summed E-state index contributed by atoms with van der Waals surface area (Å²) in [5, 5.41) is 24.3. The largest absolute Gasteiger partial charge is 0.394 e. The highest BCUT2D eigenvalue weighted by Gasteiger charge is 2.76. The number of nitrogens with one attached hydrogen (secondary N) is 2. The zero-order chi connectivity index (χ0) is 25.1. The van der Waals surface area contributed by atoms with E-state index in [9.17, 15) is 19.5 Å². The summed E-state index contributed by atoms with van der Waals surface area (Å²) < 4.78 is 0.890. The van der Waals surface area contributed by atoms with E-state index >= 15 is 0 Å². The molecule has 2 aromatic rings. The molecule has 0 radical (unpaired) electrons. The van der Waals surface area contributed by atoms with Crippen molar-refractivity contribution in [3.8, 4) is 0 Å². The highest BCUT2D eigenvalue weighted by molar-refractivity contribution is 8.02. The lowest BCUT2D eigenvalue weighted by Crippen LogP contribution is -2.59. The minimum Gasteiger partial charge on any atom is -0.394 e. The molecule has 1 aromatic carbocycles. The maximum atomic E-state index is 14.0. The van der Waals surface area contributed by atoms with Crippen LogP contribution in [0.1, 0.15) is 27.2 Å². The van der Waals surface area contributed by atoms with Gasteiger partial charge in [-0.25, -0.2) is 4.68 Å². The Labute approximate surface area is 208 Å². The highest BCUT2D eigenvalue weighted by Crippen LogP contribution is 2.68. The van der Waals surface area contributed by atoms with Crippen LogP contribution >= 0.6 is 11.8 Å². The third-order valence-electron chi connectivity index (χ3n) is 8.12. The molecule has 3 saturated heterocycles. The number of carbonyl (C=O) groups is 3. The number of fused-ring (bicyclic) bond motifs is 2. The Balaban J connectivity index is 1.52. The fraction of sp³-hybridized carbons (Fsp3) is 0.625. The van der Waals surface area contributed by atoms with Gasteiger partial charge in [0.25, 0.3) is 0 Å². The van der Waals surface area contributed by atoms with E-state index in [2.05, 4.69) is 27.9 Å². The molecule has 4 heterocycles. The summed E-state index contributed by atoms with van der Waals surface area (Å²) in [6.07, 6.45) is 0.767. The van der Waals surface area contributed by atoms with E-state index in [4.69, 9.17) is 0 Å². The van der Waals surface area contributed by atoms with Gasteiger partial charge in [0.1, 0.15) is 18.2 Å². The number of benzene rings is 1. The molecule has 2 bridgehead atoms. The molecular formula is C24H32N6O4S. The SMILES string of the molecule is CNC(=O)[C@@H]1[C@H]2C(=O)N([C@@H](CO)C(C)C)C(C(=O)NCn3nnc4ccccc43)C23S[C@@H]1CC3C. The topological polar surface area (TPSA) is 129 Å². The summed E-state index contributed by atoms with van der Waals surface area (Å²) in [5.41, 5.74) is 1.52. The zero-order valence-corrected chi connectivity index (χ0v) is 21.2. The predicted octanol–water partition coefficient (Wildman–Crippen LogP) is 0.605. The molecule has 11 heteroatoms. The quantitative estimate of drug-likeness (QED) is 0.508. The van der Waals surface area contributed by atoms with E-state index in [1.165, 1.54) is 0 Å². The maximum absolute atomic E-state index is 14.0. The number of rotatable bonds is 7. The van der Waals surface area contributed by atoms with E-state index < -0.39 is 28.7 Å². The molecule has 1 aromatic heterocycles. The second-order valence-electron chi connectivity index (χ2n) is 10.2. The number of aliphatic hydroxyl groups is 1. The molecule has 3 aliphatic rings. The molecule has 3 fully saturated rings. The standard InChI is InChI=1S/C24H32N6O4S/c1-12(2)16(10-31)30-20(22(33)26-11-29-15-8-6-5-7-14(15)27-28-29)24-13(3)9-17(35-24)18(21(32)25-4)19(24)23(30)34/h5-8,12-13,16-20,31H,9-11H2,1-4H3,(H,25,32)(H,26,33)/t13?,16-,17+,18-,19-,20?,24?/m0/s1. The number of aliphatic hydroxyl groups excluding tert-OH is 1. The lowest BCUT2D eigenvalue weighted by molar-refractivity contribution is -0.143. The fourth-order valence-corrected chi connectivity index (χ4v) is 8.90. The number of carbonyl (C=O) groups excluding carboxylic acids is 3. The molecule has 3 N–H and O–H groups in total. The average molecular weight is 501 g/mol. The van der Waals surface area contributed by atoms with Crippen molar-refractivity contribution in [3.05, 3.63) is 24.3 Å². The van der Waals surface area contributed by atoms with Crippen LogP contribution in [0.3, 0.4) is 0 Å². The van der Waals surface area contributed by atoms with Crippen LogP contribution in [0.15, 0.2) is 24.3 Å². The average Bonchev–Trinajstić information content (AvgIpc) is 3.55. The summed E-state index contributed by atoms with van der Waals surface area (Å²) in [5.74, 6) is -1.75. The number of para-hydroxylation sites is 1. The third kappa shape index (κ3) is 3.38. The number of thioether (sulfide) groups is 1. The van der Waals surface area contributed by atoms with E-state index in [-0.39, 0.29) is 48.1 Å². The van der Waals surface area contributed by atoms with Crippen molar-refractivity contribution in [2.24, 2.45) is 23.7 Å². The lowest BCUT2D eigenvalue weighted by Gasteiger charge is -2.40. The molecule has 3 amide bonds. The van der Waals surface area contributed by atoms with Gasteiger partial charge in [-0.05, 0) is 30.4 Å². The Morgan fingerprint density at radius 1 is 1.29 bits per heavy atom. The number of nitrogens with zero attached hydrogens (tertiary/aromatic N) is 4. The second-order valence-corrected chi connectivity index (χ2v) is 11.7. The molecular weight excluding hydrogens is 468 g/mol. The smallest absolute Gasteiger partial charge is 0.245 e. The summed E-state index contributed by atoms with van der Waals surface area (Å²) in [7, 11) is 1.59. The summed E-state index contributed by atoms with van der Waals surface area (Å²) >= 11 is 1.62. The third-order valence-corrected chi connectivity index (χ3v) is 10.2. The number of hydrogen-bond acceptors (Lipinski definition) is 7. The first-order valence-electron chi connectivity index (χ1n) is 12.1. The van der Waals surface area contributed by atoms with Crippen LogP contribution in [0.4, 0.5) is 0 Å². The predicted molar refractivity (Wildman–Crippen MR) is 131 cm³/mol.